The number of hydrogen-bond donors (Lipinski definition) is 4. The van der Waals surface area contributed by atoms with Crippen molar-refractivity contribution in [1.29, 1.82) is 0 Å². The molecule has 14 heavy (non-hydrogen) atoms. The molecule has 1 rings (SSSR count). The van der Waals surface area contributed by atoms with Gasteiger partial charge < -0.3 is 21.7 Å². The van der Waals surface area contributed by atoms with Gasteiger partial charge in [0.25, 0.3) is 0 Å². The van der Waals surface area contributed by atoms with Crippen molar-refractivity contribution in [3.63, 3.8) is 0 Å². The van der Waals surface area contributed by atoms with Gasteiger partial charge in [-0.1, -0.05) is 6.07 Å². The van der Waals surface area contributed by atoms with Gasteiger partial charge in [-0.3, -0.25) is 4.79 Å². The molecule has 0 unspecified atom stereocenters. The molecule has 0 bridgehead atoms. The molecule has 5 nitrogen and oxygen atoms in total. The van der Waals surface area contributed by atoms with Crippen molar-refractivity contribution in [2.75, 3.05) is 5.73 Å². The number of carboxylic acid groups (broad SMARTS) is 1. The van der Waals surface area contributed by atoms with Crippen LogP contribution in [0, 0.1) is 0 Å². The topological polar surface area (TPSA) is 110 Å². The molecule has 0 heterocycles. The highest BCUT2D eigenvalue weighted by atomic mass is 16.4. The van der Waals surface area contributed by atoms with Crippen LogP contribution in [0.15, 0.2) is 12.1 Å². The fourth-order valence-corrected chi connectivity index (χ4v) is 1.20. The number of phenolic OH excluding ortho intramolecular Hbond substituents is 1. The Hall–Kier alpha value is -1.75. The molecular formula is C9H12N2O3. The molecule has 0 fully saturated rings. The van der Waals surface area contributed by atoms with Gasteiger partial charge in [0.2, 0.25) is 0 Å². The predicted molar refractivity (Wildman–Crippen MR) is 51.8 cm³/mol. The van der Waals surface area contributed by atoms with Gasteiger partial charge >= 0.3 is 5.97 Å². The maximum Gasteiger partial charge on any atom is 0.307 e. The van der Waals surface area contributed by atoms with Gasteiger partial charge in [-0.2, -0.15) is 0 Å². The lowest BCUT2D eigenvalue weighted by Gasteiger charge is -2.07. The summed E-state index contributed by atoms with van der Waals surface area (Å²) in [6, 6.07) is 3.07. The molecule has 6 N–H and O–H groups in total. The number of carbonyl (C=O) groups is 1. The molecule has 0 spiro atoms. The van der Waals surface area contributed by atoms with Crippen LogP contribution in [-0.4, -0.2) is 16.2 Å². The summed E-state index contributed by atoms with van der Waals surface area (Å²) in [6.07, 6.45) is -0.260. The Morgan fingerprint density at radius 2 is 2.07 bits per heavy atom. The average Bonchev–Trinajstić information content (AvgIpc) is 2.11. The van der Waals surface area contributed by atoms with Crippen LogP contribution in [0.4, 0.5) is 5.69 Å². The van der Waals surface area contributed by atoms with Crippen LogP contribution in [-0.2, 0) is 17.8 Å². The van der Waals surface area contributed by atoms with Gasteiger partial charge in [-0.05, 0) is 11.6 Å². The lowest BCUT2D eigenvalue weighted by molar-refractivity contribution is -0.136. The van der Waals surface area contributed by atoms with Gasteiger partial charge in [0.1, 0.15) is 5.75 Å². The summed E-state index contributed by atoms with van der Waals surface area (Å²) in [5.74, 6) is -1.20. The first-order chi connectivity index (χ1) is 6.54. The summed E-state index contributed by atoms with van der Waals surface area (Å²) in [5.41, 5.74) is 12.0. The van der Waals surface area contributed by atoms with E-state index in [0.717, 1.165) is 0 Å². The molecule has 1 aromatic carbocycles. The number of aliphatic carboxylic acids is 1. The highest BCUT2D eigenvalue weighted by Gasteiger charge is 2.10. The second-order valence-electron chi connectivity index (χ2n) is 2.97. The maximum absolute atomic E-state index is 10.4. The van der Waals surface area contributed by atoms with Gasteiger partial charge in [0.15, 0.2) is 0 Å². The molecular weight excluding hydrogens is 184 g/mol. The third kappa shape index (κ3) is 2.14. The SMILES string of the molecule is NCc1cc(N)c(O)c(CC(=O)O)c1. The van der Waals surface area contributed by atoms with Crippen molar-refractivity contribution in [1.82, 2.24) is 0 Å². The molecule has 0 atom stereocenters. The molecule has 5 heteroatoms. The number of phenols is 1. The molecule has 0 amide bonds. The molecule has 0 aliphatic carbocycles. The molecule has 1 aromatic rings. The minimum absolute atomic E-state index is 0.157. The van der Waals surface area contributed by atoms with Crippen molar-refractivity contribution in [2.45, 2.75) is 13.0 Å². The third-order valence-electron chi connectivity index (χ3n) is 1.86. The van der Waals surface area contributed by atoms with Crippen LogP contribution in [0.1, 0.15) is 11.1 Å². The summed E-state index contributed by atoms with van der Waals surface area (Å²) in [7, 11) is 0. The smallest absolute Gasteiger partial charge is 0.307 e. The minimum Gasteiger partial charge on any atom is -0.505 e. The van der Waals surface area contributed by atoms with Crippen molar-refractivity contribution in [3.05, 3.63) is 23.3 Å². The Bertz CT molecular complexity index is 363. The van der Waals surface area contributed by atoms with Crippen molar-refractivity contribution in [2.24, 2.45) is 5.73 Å². The van der Waals surface area contributed by atoms with E-state index in [1.54, 1.807) is 6.07 Å². The first-order valence-electron chi connectivity index (χ1n) is 4.06. The minimum atomic E-state index is -1.02. The van der Waals surface area contributed by atoms with E-state index >= 15 is 0 Å². The Kier molecular flexibility index (Phi) is 2.93. The molecule has 0 radical (unpaired) electrons. The maximum atomic E-state index is 10.4. The van der Waals surface area contributed by atoms with Gasteiger partial charge in [-0.15, -0.1) is 0 Å². The van der Waals surface area contributed by atoms with Gasteiger partial charge in [0.05, 0.1) is 12.1 Å². The number of rotatable bonds is 3. The second kappa shape index (κ2) is 3.97. The lowest BCUT2D eigenvalue weighted by Crippen LogP contribution is -2.04. The number of aromatic hydroxyl groups is 1. The number of nitrogen functional groups attached to an aromatic ring is 1. The fraction of sp³-hybridized carbons (Fsp3) is 0.222. The van der Waals surface area contributed by atoms with E-state index < -0.39 is 5.97 Å². The van der Waals surface area contributed by atoms with Gasteiger partial charge in [0, 0.05) is 12.1 Å². The van der Waals surface area contributed by atoms with E-state index in [0.29, 0.717) is 5.56 Å². The predicted octanol–water partition coefficient (Wildman–Crippen LogP) is 0.0602. The standard InChI is InChI=1S/C9H12N2O3/c10-4-5-1-6(3-8(12)13)9(14)7(11)2-5/h1-2,14H,3-4,10-11H2,(H,12,13). The van der Waals surface area contributed by atoms with E-state index in [-0.39, 0.29) is 30.0 Å². The quantitative estimate of drug-likeness (QED) is 0.403. The normalized spacial score (nSPS) is 10.1. The number of benzene rings is 1. The highest BCUT2D eigenvalue weighted by molar-refractivity contribution is 5.73. The summed E-state index contributed by atoms with van der Waals surface area (Å²) in [4.78, 5) is 10.4. The molecule has 0 saturated heterocycles. The van der Waals surface area contributed by atoms with Crippen molar-refractivity contribution >= 4 is 11.7 Å². The van der Waals surface area contributed by atoms with E-state index in [1.807, 2.05) is 0 Å². The Morgan fingerprint density at radius 1 is 1.43 bits per heavy atom. The number of hydrogen-bond acceptors (Lipinski definition) is 4. The lowest BCUT2D eigenvalue weighted by atomic mass is 10.1. The van der Waals surface area contributed by atoms with Crippen molar-refractivity contribution in [3.8, 4) is 5.75 Å². The molecule has 0 saturated carbocycles. The molecule has 76 valence electrons. The Balaban J connectivity index is 3.13. The Labute approximate surface area is 81.0 Å². The van der Waals surface area contributed by atoms with E-state index in [9.17, 15) is 9.90 Å². The first kappa shape index (κ1) is 10.3. The summed E-state index contributed by atoms with van der Waals surface area (Å²) in [6.45, 7) is 0.261. The van der Waals surface area contributed by atoms with E-state index in [2.05, 4.69) is 0 Å². The van der Waals surface area contributed by atoms with Gasteiger partial charge in [-0.25, -0.2) is 0 Å². The van der Waals surface area contributed by atoms with Crippen LogP contribution >= 0.6 is 0 Å². The summed E-state index contributed by atoms with van der Waals surface area (Å²) < 4.78 is 0. The molecule has 0 aliphatic rings. The molecule has 0 aliphatic heterocycles. The fourth-order valence-electron chi connectivity index (χ4n) is 1.20. The number of anilines is 1. The first-order valence-corrected chi connectivity index (χ1v) is 4.06. The zero-order chi connectivity index (χ0) is 10.7. The van der Waals surface area contributed by atoms with Crippen LogP contribution in [0.5, 0.6) is 5.75 Å². The largest absolute Gasteiger partial charge is 0.505 e. The zero-order valence-electron chi connectivity index (χ0n) is 7.53. The van der Waals surface area contributed by atoms with E-state index in [4.69, 9.17) is 16.6 Å². The Morgan fingerprint density at radius 3 is 2.57 bits per heavy atom. The van der Waals surface area contributed by atoms with E-state index in [1.165, 1.54) is 6.07 Å². The van der Waals surface area contributed by atoms with Crippen LogP contribution in [0.25, 0.3) is 0 Å². The monoisotopic (exact) mass is 196 g/mol. The van der Waals surface area contributed by atoms with Crippen molar-refractivity contribution < 1.29 is 15.0 Å². The summed E-state index contributed by atoms with van der Waals surface area (Å²) in [5, 5.41) is 18.0. The van der Waals surface area contributed by atoms with Crippen LogP contribution < -0.4 is 11.5 Å². The molecule has 0 aromatic heterocycles. The zero-order valence-corrected chi connectivity index (χ0v) is 7.53. The number of nitrogens with two attached hydrogens (primary N) is 2. The highest BCUT2D eigenvalue weighted by Crippen LogP contribution is 2.27. The number of carboxylic acids is 1. The third-order valence-corrected chi connectivity index (χ3v) is 1.86. The average molecular weight is 196 g/mol. The summed E-state index contributed by atoms with van der Waals surface area (Å²) >= 11 is 0. The van der Waals surface area contributed by atoms with Crippen LogP contribution in [0.3, 0.4) is 0 Å². The van der Waals surface area contributed by atoms with Crippen LogP contribution in [0.2, 0.25) is 0 Å². The second-order valence-corrected chi connectivity index (χ2v) is 2.97.